The van der Waals surface area contributed by atoms with Crippen molar-refractivity contribution >= 4 is 5.95 Å². The molecule has 1 aromatic carbocycles. The number of nitrogens with one attached hydrogen (secondary N) is 1. The van der Waals surface area contributed by atoms with E-state index < -0.39 is 0 Å². The number of anilines is 1. The van der Waals surface area contributed by atoms with Crippen LogP contribution < -0.4 is 17.1 Å². The fraction of sp³-hybridized carbons (Fsp3) is 0. The summed E-state index contributed by atoms with van der Waals surface area (Å²) in [4.78, 5) is 0. The van der Waals surface area contributed by atoms with Crippen LogP contribution in [0.2, 0.25) is 0 Å². The van der Waals surface area contributed by atoms with Gasteiger partial charge in [-0.15, -0.1) is 10.2 Å². The lowest BCUT2D eigenvalue weighted by Gasteiger charge is -2.01. The van der Waals surface area contributed by atoms with E-state index in [9.17, 15) is 0 Å². The van der Waals surface area contributed by atoms with Gasteiger partial charge in [0.05, 0.1) is 0 Å². The minimum atomic E-state index is 0.323. The first-order chi connectivity index (χ1) is 6.83. The monoisotopic (exact) mass is 190 g/mol. The number of hydrogen-bond donors (Lipinski definition) is 3. The van der Waals surface area contributed by atoms with Crippen molar-refractivity contribution < 1.29 is 0 Å². The Morgan fingerprint density at radius 2 is 1.86 bits per heavy atom. The summed E-state index contributed by atoms with van der Waals surface area (Å²) in [6.45, 7) is 0. The number of nitrogen functional groups attached to an aromatic ring is 2. The van der Waals surface area contributed by atoms with Crippen LogP contribution >= 0.6 is 0 Å². The molecule has 0 aliphatic rings. The molecule has 0 unspecified atom stereocenters. The van der Waals surface area contributed by atoms with Crippen LogP contribution in [0.25, 0.3) is 11.4 Å². The van der Waals surface area contributed by atoms with Gasteiger partial charge in [0.2, 0.25) is 0 Å². The Balaban J connectivity index is 2.48. The molecule has 0 radical (unpaired) electrons. The molecule has 0 bridgehead atoms. The Labute approximate surface area is 80.5 Å². The summed E-state index contributed by atoms with van der Waals surface area (Å²) in [5, 5.41) is 7.66. The standard InChI is InChI=1S/C8H10N6/c9-11-8-13-12-7(14(8)10)6-4-2-1-3-5-6/h1-5H,9-10H2,(H,11,13). The molecular formula is C8H10N6. The number of aromatic nitrogens is 3. The third-order valence-corrected chi connectivity index (χ3v) is 1.86. The van der Waals surface area contributed by atoms with Gasteiger partial charge in [-0.25, -0.2) is 10.5 Å². The van der Waals surface area contributed by atoms with E-state index in [2.05, 4.69) is 15.6 Å². The minimum absolute atomic E-state index is 0.323. The van der Waals surface area contributed by atoms with Gasteiger partial charge in [0.15, 0.2) is 5.82 Å². The number of rotatable bonds is 2. The Morgan fingerprint density at radius 1 is 1.14 bits per heavy atom. The number of benzene rings is 1. The van der Waals surface area contributed by atoms with Crippen molar-refractivity contribution in [3.05, 3.63) is 30.3 Å². The van der Waals surface area contributed by atoms with Crippen molar-refractivity contribution in [2.45, 2.75) is 0 Å². The fourth-order valence-corrected chi connectivity index (χ4v) is 1.17. The largest absolute Gasteiger partial charge is 0.334 e. The fourth-order valence-electron chi connectivity index (χ4n) is 1.17. The van der Waals surface area contributed by atoms with Crippen LogP contribution in [0.15, 0.2) is 30.3 Å². The van der Waals surface area contributed by atoms with Gasteiger partial charge in [-0.1, -0.05) is 30.3 Å². The van der Waals surface area contributed by atoms with E-state index in [0.717, 1.165) is 5.56 Å². The Hall–Kier alpha value is -2.08. The highest BCUT2D eigenvalue weighted by atomic mass is 15.5. The molecule has 1 heterocycles. The molecule has 0 aliphatic carbocycles. The van der Waals surface area contributed by atoms with Crippen LogP contribution in [-0.2, 0) is 0 Å². The maximum absolute atomic E-state index is 5.70. The van der Waals surface area contributed by atoms with E-state index in [1.165, 1.54) is 4.68 Å². The van der Waals surface area contributed by atoms with Gasteiger partial charge in [0.1, 0.15) is 0 Å². The summed E-state index contributed by atoms with van der Waals surface area (Å²) in [5.41, 5.74) is 3.24. The highest BCUT2D eigenvalue weighted by Crippen LogP contribution is 2.16. The summed E-state index contributed by atoms with van der Waals surface area (Å²) in [7, 11) is 0. The minimum Gasteiger partial charge on any atom is -0.334 e. The van der Waals surface area contributed by atoms with Gasteiger partial charge in [-0.05, 0) is 0 Å². The second kappa shape index (κ2) is 3.35. The van der Waals surface area contributed by atoms with Gasteiger partial charge in [0, 0.05) is 5.56 Å². The third-order valence-electron chi connectivity index (χ3n) is 1.86. The van der Waals surface area contributed by atoms with Crippen molar-refractivity contribution in [1.29, 1.82) is 0 Å². The molecule has 0 atom stereocenters. The lowest BCUT2D eigenvalue weighted by atomic mass is 10.2. The quantitative estimate of drug-likeness (QED) is 0.455. The Bertz CT molecular complexity index is 421. The normalized spacial score (nSPS) is 10.1. The van der Waals surface area contributed by atoms with Gasteiger partial charge in [-0.2, -0.15) is 0 Å². The van der Waals surface area contributed by atoms with Crippen LogP contribution in [-0.4, -0.2) is 14.9 Å². The van der Waals surface area contributed by atoms with Crippen LogP contribution in [0.5, 0.6) is 0 Å². The first kappa shape index (κ1) is 8.52. The molecule has 0 saturated heterocycles. The zero-order chi connectivity index (χ0) is 9.97. The zero-order valence-electron chi connectivity index (χ0n) is 7.38. The summed E-state index contributed by atoms with van der Waals surface area (Å²) < 4.78 is 1.30. The molecule has 2 aromatic rings. The van der Waals surface area contributed by atoms with Gasteiger partial charge in [-0.3, -0.25) is 5.43 Å². The Morgan fingerprint density at radius 3 is 2.43 bits per heavy atom. The predicted molar refractivity (Wildman–Crippen MR) is 53.4 cm³/mol. The maximum atomic E-state index is 5.70. The van der Waals surface area contributed by atoms with Gasteiger partial charge < -0.3 is 5.84 Å². The van der Waals surface area contributed by atoms with E-state index in [0.29, 0.717) is 11.8 Å². The third kappa shape index (κ3) is 1.27. The van der Waals surface area contributed by atoms with Crippen molar-refractivity contribution in [2.75, 3.05) is 11.3 Å². The lowest BCUT2D eigenvalue weighted by Crippen LogP contribution is -2.18. The number of nitrogens with zero attached hydrogens (tertiary/aromatic N) is 3. The van der Waals surface area contributed by atoms with Crippen molar-refractivity contribution in [3.63, 3.8) is 0 Å². The molecule has 0 amide bonds. The van der Waals surface area contributed by atoms with Gasteiger partial charge >= 0.3 is 0 Å². The molecule has 6 nitrogen and oxygen atoms in total. The van der Waals surface area contributed by atoms with E-state index in [1.807, 2.05) is 30.3 Å². The number of hydrazine groups is 1. The lowest BCUT2D eigenvalue weighted by molar-refractivity contribution is 0.995. The van der Waals surface area contributed by atoms with Crippen molar-refractivity contribution in [2.24, 2.45) is 5.84 Å². The van der Waals surface area contributed by atoms with Crippen molar-refractivity contribution in [1.82, 2.24) is 14.9 Å². The van der Waals surface area contributed by atoms with Crippen LogP contribution in [0.1, 0.15) is 0 Å². The molecular weight excluding hydrogens is 180 g/mol. The van der Waals surface area contributed by atoms with E-state index in [-0.39, 0.29) is 0 Å². The molecule has 6 heteroatoms. The second-order valence-corrected chi connectivity index (χ2v) is 2.73. The molecule has 2 rings (SSSR count). The first-order valence-electron chi connectivity index (χ1n) is 4.05. The molecule has 0 aliphatic heterocycles. The maximum Gasteiger partial charge on any atom is 0.257 e. The topological polar surface area (TPSA) is 94.8 Å². The van der Waals surface area contributed by atoms with Crippen LogP contribution in [0, 0.1) is 0 Å². The van der Waals surface area contributed by atoms with Crippen LogP contribution in [0.4, 0.5) is 5.95 Å². The smallest absolute Gasteiger partial charge is 0.257 e. The molecule has 1 aromatic heterocycles. The molecule has 5 N–H and O–H groups in total. The predicted octanol–water partition coefficient (Wildman–Crippen LogP) is -0.0555. The van der Waals surface area contributed by atoms with Gasteiger partial charge in [0.25, 0.3) is 5.95 Å². The highest BCUT2D eigenvalue weighted by molar-refractivity contribution is 5.56. The van der Waals surface area contributed by atoms with Crippen LogP contribution in [0.3, 0.4) is 0 Å². The molecule has 14 heavy (non-hydrogen) atoms. The number of nitrogens with two attached hydrogens (primary N) is 2. The second-order valence-electron chi connectivity index (χ2n) is 2.73. The average Bonchev–Trinajstić information content (AvgIpc) is 2.61. The van der Waals surface area contributed by atoms with Crippen molar-refractivity contribution in [3.8, 4) is 11.4 Å². The molecule has 0 spiro atoms. The SMILES string of the molecule is NNc1nnc(-c2ccccc2)n1N. The molecule has 72 valence electrons. The molecule has 0 saturated carbocycles. The van der Waals surface area contributed by atoms with E-state index in [4.69, 9.17) is 11.7 Å². The summed E-state index contributed by atoms with van der Waals surface area (Å²) in [6.07, 6.45) is 0. The van der Waals surface area contributed by atoms with E-state index >= 15 is 0 Å². The summed E-state index contributed by atoms with van der Waals surface area (Å²) in [6, 6.07) is 9.52. The average molecular weight is 190 g/mol. The Kier molecular flexibility index (Phi) is 2.04. The highest BCUT2D eigenvalue weighted by Gasteiger charge is 2.09. The number of hydrogen-bond acceptors (Lipinski definition) is 5. The first-order valence-corrected chi connectivity index (χ1v) is 4.05. The van der Waals surface area contributed by atoms with E-state index in [1.54, 1.807) is 0 Å². The zero-order valence-corrected chi connectivity index (χ0v) is 7.38. The molecule has 0 fully saturated rings. The summed E-state index contributed by atoms with van der Waals surface area (Å²) in [5.74, 6) is 11.8. The summed E-state index contributed by atoms with van der Waals surface area (Å²) >= 11 is 0.